The molecule has 0 radical (unpaired) electrons. The quantitative estimate of drug-likeness (QED) is 0.869. The Kier molecular flexibility index (Phi) is 4.12. The Bertz CT molecular complexity index is 322. The molecule has 1 aromatic rings. The molecule has 0 aliphatic rings. The summed E-state index contributed by atoms with van der Waals surface area (Å²) in [7, 11) is 0. The van der Waals surface area contributed by atoms with Crippen molar-refractivity contribution in [3.63, 3.8) is 0 Å². The fraction of sp³-hybridized carbons (Fsp3) is 0.500. The third-order valence-electron chi connectivity index (χ3n) is 1.72. The van der Waals surface area contributed by atoms with Crippen LogP contribution in [0.4, 0.5) is 13.2 Å². The maximum Gasteiger partial charge on any atom is 0.573 e. The van der Waals surface area contributed by atoms with E-state index in [1.807, 2.05) is 13.8 Å². The molecule has 0 amide bonds. The number of aromatic nitrogens is 1. The molecule has 1 N–H and O–H groups in total. The summed E-state index contributed by atoms with van der Waals surface area (Å²) in [6, 6.07) is 3.04. The summed E-state index contributed by atoms with van der Waals surface area (Å²) in [5.74, 6) is -0.305. The number of nitrogens with one attached hydrogen (secondary N) is 1. The van der Waals surface area contributed by atoms with Crippen LogP contribution < -0.4 is 10.1 Å². The van der Waals surface area contributed by atoms with Gasteiger partial charge in [-0.2, -0.15) is 0 Å². The van der Waals surface area contributed by atoms with Crippen LogP contribution in [0, 0.1) is 0 Å². The summed E-state index contributed by atoms with van der Waals surface area (Å²) in [4.78, 5) is 3.85. The molecule has 0 unspecified atom stereocenters. The first kappa shape index (κ1) is 12.8. The number of alkyl halides is 3. The molecule has 0 aliphatic heterocycles. The molecular weight excluding hydrogens is 221 g/mol. The van der Waals surface area contributed by atoms with Crippen molar-refractivity contribution in [1.29, 1.82) is 0 Å². The van der Waals surface area contributed by atoms with Crippen molar-refractivity contribution < 1.29 is 17.9 Å². The maximum absolute atomic E-state index is 11.8. The highest BCUT2D eigenvalue weighted by molar-refractivity contribution is 5.20. The number of rotatable bonds is 4. The normalized spacial score (nSPS) is 11.9. The van der Waals surface area contributed by atoms with Crippen LogP contribution in [0.25, 0.3) is 0 Å². The van der Waals surface area contributed by atoms with E-state index in [1.165, 1.54) is 12.1 Å². The van der Waals surface area contributed by atoms with Crippen molar-refractivity contribution >= 4 is 0 Å². The van der Waals surface area contributed by atoms with Gasteiger partial charge in [-0.15, -0.1) is 13.2 Å². The Labute approximate surface area is 91.6 Å². The first-order chi connectivity index (χ1) is 7.37. The van der Waals surface area contributed by atoms with Crippen LogP contribution in [0.5, 0.6) is 5.75 Å². The molecule has 0 spiro atoms. The molecule has 90 valence electrons. The topological polar surface area (TPSA) is 34.1 Å². The highest BCUT2D eigenvalue weighted by Crippen LogP contribution is 2.21. The summed E-state index contributed by atoms with van der Waals surface area (Å²) < 4.78 is 39.2. The zero-order valence-corrected chi connectivity index (χ0v) is 9.01. The zero-order chi connectivity index (χ0) is 12.2. The van der Waals surface area contributed by atoms with Gasteiger partial charge in [0.25, 0.3) is 0 Å². The molecule has 0 aromatic carbocycles. The number of halogens is 3. The third kappa shape index (κ3) is 4.97. The second kappa shape index (κ2) is 5.16. The monoisotopic (exact) mass is 234 g/mol. The van der Waals surface area contributed by atoms with Gasteiger partial charge in [-0.1, -0.05) is 13.8 Å². The van der Waals surface area contributed by atoms with Crippen LogP contribution in [-0.2, 0) is 6.54 Å². The van der Waals surface area contributed by atoms with E-state index in [4.69, 9.17) is 0 Å². The lowest BCUT2D eigenvalue weighted by Gasteiger charge is -2.10. The molecule has 0 aliphatic carbocycles. The van der Waals surface area contributed by atoms with Crippen LogP contribution in [0.2, 0.25) is 0 Å². The number of pyridine rings is 1. The predicted molar refractivity (Wildman–Crippen MR) is 52.9 cm³/mol. The molecule has 1 aromatic heterocycles. The smallest absolute Gasteiger partial charge is 0.404 e. The molecule has 0 atom stereocenters. The fourth-order valence-corrected chi connectivity index (χ4v) is 1.02. The van der Waals surface area contributed by atoms with Crippen LogP contribution >= 0.6 is 0 Å². The van der Waals surface area contributed by atoms with Gasteiger partial charge in [-0.25, -0.2) is 0 Å². The number of hydrogen-bond acceptors (Lipinski definition) is 3. The van der Waals surface area contributed by atoms with Gasteiger partial charge in [0, 0.05) is 12.6 Å². The fourth-order valence-electron chi connectivity index (χ4n) is 1.02. The lowest BCUT2D eigenvalue weighted by molar-refractivity contribution is -0.274. The summed E-state index contributed by atoms with van der Waals surface area (Å²) in [5.41, 5.74) is 0.670. The lowest BCUT2D eigenvalue weighted by atomic mass is 10.3. The molecule has 1 heterocycles. The van der Waals surface area contributed by atoms with E-state index >= 15 is 0 Å². The van der Waals surface area contributed by atoms with E-state index in [2.05, 4.69) is 15.0 Å². The Morgan fingerprint density at radius 3 is 2.50 bits per heavy atom. The largest absolute Gasteiger partial charge is 0.573 e. The van der Waals surface area contributed by atoms with E-state index in [9.17, 15) is 13.2 Å². The van der Waals surface area contributed by atoms with E-state index < -0.39 is 6.36 Å². The zero-order valence-electron chi connectivity index (χ0n) is 9.01. The van der Waals surface area contributed by atoms with Crippen LogP contribution in [0.3, 0.4) is 0 Å². The summed E-state index contributed by atoms with van der Waals surface area (Å²) in [6.07, 6.45) is -3.61. The molecule has 0 saturated carbocycles. The van der Waals surface area contributed by atoms with Crippen molar-refractivity contribution in [2.75, 3.05) is 0 Å². The average Bonchev–Trinajstić information content (AvgIpc) is 2.14. The predicted octanol–water partition coefficient (Wildman–Crippen LogP) is 2.48. The number of nitrogens with zero attached hydrogens (tertiary/aromatic N) is 1. The summed E-state index contributed by atoms with van der Waals surface area (Å²) in [5, 5.41) is 3.10. The molecule has 0 fully saturated rings. The average molecular weight is 234 g/mol. The third-order valence-corrected chi connectivity index (χ3v) is 1.72. The van der Waals surface area contributed by atoms with E-state index in [-0.39, 0.29) is 5.75 Å². The lowest BCUT2D eigenvalue weighted by Crippen LogP contribution is -2.22. The SMILES string of the molecule is CC(C)NCc1ccc(OC(F)(F)F)cn1. The molecule has 0 bridgehead atoms. The second-order valence-electron chi connectivity index (χ2n) is 3.57. The maximum atomic E-state index is 11.8. The Morgan fingerprint density at radius 1 is 1.38 bits per heavy atom. The minimum atomic E-state index is -4.67. The van der Waals surface area contributed by atoms with Crippen molar-refractivity contribution in [2.24, 2.45) is 0 Å². The highest BCUT2D eigenvalue weighted by Gasteiger charge is 2.31. The van der Waals surface area contributed by atoms with Gasteiger partial charge in [0.05, 0.1) is 11.9 Å². The van der Waals surface area contributed by atoms with Gasteiger partial charge in [-0.3, -0.25) is 4.98 Å². The van der Waals surface area contributed by atoms with Crippen LogP contribution in [0.1, 0.15) is 19.5 Å². The van der Waals surface area contributed by atoms with Gasteiger partial charge in [-0.05, 0) is 12.1 Å². The van der Waals surface area contributed by atoms with Crippen LogP contribution in [0.15, 0.2) is 18.3 Å². The van der Waals surface area contributed by atoms with Crippen LogP contribution in [-0.4, -0.2) is 17.4 Å². The number of hydrogen-bond donors (Lipinski definition) is 1. The minimum Gasteiger partial charge on any atom is -0.404 e. The molecule has 3 nitrogen and oxygen atoms in total. The Hall–Kier alpha value is -1.30. The van der Waals surface area contributed by atoms with Crippen molar-refractivity contribution in [2.45, 2.75) is 32.8 Å². The van der Waals surface area contributed by atoms with Gasteiger partial charge < -0.3 is 10.1 Å². The van der Waals surface area contributed by atoms with E-state index in [1.54, 1.807) is 0 Å². The van der Waals surface area contributed by atoms with Gasteiger partial charge >= 0.3 is 6.36 Å². The summed E-state index contributed by atoms with van der Waals surface area (Å²) in [6.45, 7) is 4.46. The minimum absolute atomic E-state index is 0.299. The molecular formula is C10H13F3N2O. The molecule has 16 heavy (non-hydrogen) atoms. The Balaban J connectivity index is 2.54. The van der Waals surface area contributed by atoms with E-state index in [0.717, 1.165) is 6.20 Å². The first-order valence-electron chi connectivity index (χ1n) is 4.81. The van der Waals surface area contributed by atoms with E-state index in [0.29, 0.717) is 18.3 Å². The molecule has 1 rings (SSSR count). The molecule has 6 heteroatoms. The number of ether oxygens (including phenoxy) is 1. The van der Waals surface area contributed by atoms with Crippen molar-refractivity contribution in [3.05, 3.63) is 24.0 Å². The van der Waals surface area contributed by atoms with Crippen molar-refractivity contribution in [1.82, 2.24) is 10.3 Å². The van der Waals surface area contributed by atoms with Gasteiger partial charge in [0.15, 0.2) is 0 Å². The highest BCUT2D eigenvalue weighted by atomic mass is 19.4. The Morgan fingerprint density at radius 2 is 2.06 bits per heavy atom. The molecule has 0 saturated heterocycles. The van der Waals surface area contributed by atoms with Gasteiger partial charge in [0.1, 0.15) is 5.75 Å². The van der Waals surface area contributed by atoms with Crippen molar-refractivity contribution in [3.8, 4) is 5.75 Å². The first-order valence-corrected chi connectivity index (χ1v) is 4.81. The second-order valence-corrected chi connectivity index (χ2v) is 3.57. The standard InChI is InChI=1S/C10H13F3N2O/c1-7(2)14-5-8-3-4-9(6-15-8)16-10(11,12)13/h3-4,6-7,14H,5H2,1-2H3. The van der Waals surface area contributed by atoms with Gasteiger partial charge in [0.2, 0.25) is 0 Å². The summed E-state index contributed by atoms with van der Waals surface area (Å²) >= 11 is 0.